The van der Waals surface area contributed by atoms with Crippen LogP contribution in [0.1, 0.15) is 44.6 Å². The summed E-state index contributed by atoms with van der Waals surface area (Å²) >= 11 is 0. The lowest BCUT2D eigenvalue weighted by molar-refractivity contribution is 0.0492. The molecule has 2 rings (SSSR count). The maximum atomic E-state index is 13.8. The van der Waals surface area contributed by atoms with Crippen LogP contribution in [0.3, 0.4) is 0 Å². The third-order valence-corrected chi connectivity index (χ3v) is 4.23. The first-order valence-corrected chi connectivity index (χ1v) is 7.87. The predicted octanol–water partition coefficient (Wildman–Crippen LogP) is 3.19. The Kier molecular flexibility index (Phi) is 5.59. The van der Waals surface area contributed by atoms with Gasteiger partial charge in [0.1, 0.15) is 6.10 Å². The van der Waals surface area contributed by atoms with E-state index in [0.717, 1.165) is 44.2 Å². The molecule has 2 N–H and O–H groups in total. The van der Waals surface area contributed by atoms with Crippen molar-refractivity contribution in [2.75, 3.05) is 13.2 Å². The lowest BCUT2D eigenvalue weighted by atomic mass is 9.80. The number of ether oxygens (including phenoxy) is 1. The number of aliphatic hydroxyl groups excluding tert-OH is 1. The Balaban J connectivity index is 2.04. The maximum absolute atomic E-state index is 13.8. The minimum Gasteiger partial charge on any atom is -0.487 e. The molecule has 1 aromatic carbocycles. The monoisotopic (exact) mass is 295 g/mol. The Morgan fingerprint density at radius 3 is 3.00 bits per heavy atom. The minimum atomic E-state index is -0.317. The van der Waals surface area contributed by atoms with E-state index in [1.165, 1.54) is 6.07 Å². The molecule has 1 aromatic rings. The van der Waals surface area contributed by atoms with Crippen molar-refractivity contribution in [1.29, 1.82) is 0 Å². The Labute approximate surface area is 126 Å². The molecular weight excluding hydrogens is 269 g/mol. The molecule has 0 saturated heterocycles. The van der Waals surface area contributed by atoms with Gasteiger partial charge >= 0.3 is 0 Å². The molecule has 1 saturated carbocycles. The topological polar surface area (TPSA) is 41.5 Å². The van der Waals surface area contributed by atoms with Crippen LogP contribution in [0.5, 0.6) is 5.75 Å². The molecule has 3 nitrogen and oxygen atoms in total. The van der Waals surface area contributed by atoms with Crippen LogP contribution < -0.4 is 10.1 Å². The van der Waals surface area contributed by atoms with Crippen molar-refractivity contribution in [3.63, 3.8) is 0 Å². The van der Waals surface area contributed by atoms with Gasteiger partial charge in [0.2, 0.25) is 0 Å². The van der Waals surface area contributed by atoms with E-state index >= 15 is 0 Å². The normalized spacial score (nSPS) is 25.8. The van der Waals surface area contributed by atoms with Crippen molar-refractivity contribution >= 4 is 0 Å². The Morgan fingerprint density at radius 1 is 1.48 bits per heavy atom. The summed E-state index contributed by atoms with van der Waals surface area (Å²) in [6, 6.07) is 4.93. The van der Waals surface area contributed by atoms with Gasteiger partial charge in [-0.2, -0.15) is 0 Å². The summed E-state index contributed by atoms with van der Waals surface area (Å²) in [5.74, 6) is 0.00604. The summed E-state index contributed by atoms with van der Waals surface area (Å²) in [7, 11) is 0. The number of hydrogen-bond acceptors (Lipinski definition) is 3. The largest absolute Gasteiger partial charge is 0.487 e. The second kappa shape index (κ2) is 7.23. The highest BCUT2D eigenvalue weighted by atomic mass is 19.1. The van der Waals surface area contributed by atoms with Crippen LogP contribution in [0.4, 0.5) is 4.39 Å². The van der Waals surface area contributed by atoms with Gasteiger partial charge in [0.05, 0.1) is 6.61 Å². The van der Waals surface area contributed by atoms with Crippen molar-refractivity contribution in [3.8, 4) is 5.75 Å². The van der Waals surface area contributed by atoms with Gasteiger partial charge in [-0.3, -0.25) is 0 Å². The first-order chi connectivity index (χ1) is 10.1. The van der Waals surface area contributed by atoms with Crippen LogP contribution in [0, 0.1) is 12.7 Å². The zero-order valence-electron chi connectivity index (χ0n) is 13.0. The van der Waals surface area contributed by atoms with Crippen molar-refractivity contribution in [3.05, 3.63) is 29.6 Å². The van der Waals surface area contributed by atoms with Gasteiger partial charge in [0.25, 0.3) is 0 Å². The van der Waals surface area contributed by atoms with E-state index in [2.05, 4.69) is 12.2 Å². The van der Waals surface area contributed by atoms with Crippen LogP contribution in [0.25, 0.3) is 0 Å². The number of benzene rings is 1. The second-order valence-electron chi connectivity index (χ2n) is 6.14. The number of halogens is 1. The quantitative estimate of drug-likeness (QED) is 0.847. The van der Waals surface area contributed by atoms with E-state index in [-0.39, 0.29) is 24.1 Å². The van der Waals surface area contributed by atoms with E-state index in [1.807, 2.05) is 6.92 Å². The summed E-state index contributed by atoms with van der Waals surface area (Å²) < 4.78 is 19.7. The summed E-state index contributed by atoms with van der Waals surface area (Å²) in [6.45, 7) is 5.01. The number of hydrogen-bond donors (Lipinski definition) is 2. The third-order valence-electron chi connectivity index (χ3n) is 4.23. The highest BCUT2D eigenvalue weighted by molar-refractivity contribution is 5.29. The van der Waals surface area contributed by atoms with Gasteiger partial charge < -0.3 is 15.2 Å². The summed E-state index contributed by atoms with van der Waals surface area (Å²) in [5, 5.41) is 13.2. The van der Waals surface area contributed by atoms with Gasteiger partial charge in [0, 0.05) is 12.0 Å². The Hall–Kier alpha value is -1.13. The molecule has 2 atom stereocenters. The maximum Gasteiger partial charge on any atom is 0.165 e. The lowest BCUT2D eigenvalue weighted by Crippen LogP contribution is -2.53. The molecule has 0 radical (unpaired) electrons. The molecule has 4 heteroatoms. The molecule has 1 aliphatic carbocycles. The standard InChI is InChI=1S/C17H26FNO2/c1-3-9-19-17(12-20)8-4-5-14(11-17)21-16-10-13(2)6-7-15(16)18/h6-7,10,14,19-20H,3-5,8-9,11-12H2,1-2H3. The highest BCUT2D eigenvalue weighted by Gasteiger charge is 2.36. The smallest absolute Gasteiger partial charge is 0.165 e. The fraction of sp³-hybridized carbons (Fsp3) is 0.647. The van der Waals surface area contributed by atoms with Crippen LogP contribution in [0.15, 0.2) is 18.2 Å². The first kappa shape index (κ1) is 16.2. The first-order valence-electron chi connectivity index (χ1n) is 7.87. The number of aryl methyl sites for hydroxylation is 1. The van der Waals surface area contributed by atoms with E-state index < -0.39 is 0 Å². The molecule has 0 spiro atoms. The van der Waals surface area contributed by atoms with Crippen molar-refractivity contribution in [1.82, 2.24) is 5.32 Å². The zero-order valence-corrected chi connectivity index (χ0v) is 13.0. The van der Waals surface area contributed by atoms with E-state index in [9.17, 15) is 9.50 Å². The average molecular weight is 295 g/mol. The fourth-order valence-corrected chi connectivity index (χ4v) is 3.04. The molecule has 118 valence electrons. The average Bonchev–Trinajstić information content (AvgIpc) is 2.49. The molecule has 21 heavy (non-hydrogen) atoms. The number of aliphatic hydroxyl groups is 1. The number of rotatable bonds is 6. The molecule has 2 unspecified atom stereocenters. The molecule has 0 aliphatic heterocycles. The highest BCUT2D eigenvalue weighted by Crippen LogP contribution is 2.32. The van der Waals surface area contributed by atoms with Crippen molar-refractivity contribution in [2.45, 2.75) is 57.6 Å². The fourth-order valence-electron chi connectivity index (χ4n) is 3.04. The van der Waals surface area contributed by atoms with Crippen LogP contribution in [-0.4, -0.2) is 29.9 Å². The third kappa shape index (κ3) is 4.17. The van der Waals surface area contributed by atoms with E-state index in [1.54, 1.807) is 12.1 Å². The molecule has 0 bridgehead atoms. The molecule has 1 aliphatic rings. The Bertz CT molecular complexity index is 466. The van der Waals surface area contributed by atoms with E-state index in [0.29, 0.717) is 5.75 Å². The summed E-state index contributed by atoms with van der Waals surface area (Å²) in [6.07, 6.45) is 4.53. The molecule has 0 aromatic heterocycles. The second-order valence-corrected chi connectivity index (χ2v) is 6.14. The Morgan fingerprint density at radius 2 is 2.29 bits per heavy atom. The van der Waals surface area contributed by atoms with E-state index in [4.69, 9.17) is 4.74 Å². The van der Waals surface area contributed by atoms with Gasteiger partial charge in [-0.15, -0.1) is 0 Å². The lowest BCUT2D eigenvalue weighted by Gasteiger charge is -2.40. The SMILES string of the molecule is CCCNC1(CO)CCCC(Oc2cc(C)ccc2F)C1. The molecule has 0 amide bonds. The molecular formula is C17H26FNO2. The van der Waals surface area contributed by atoms with Crippen molar-refractivity contribution in [2.24, 2.45) is 0 Å². The van der Waals surface area contributed by atoms with Crippen LogP contribution in [-0.2, 0) is 0 Å². The number of nitrogens with one attached hydrogen (secondary N) is 1. The zero-order chi connectivity index (χ0) is 15.3. The summed E-state index contributed by atoms with van der Waals surface area (Å²) in [4.78, 5) is 0. The molecule has 0 heterocycles. The summed E-state index contributed by atoms with van der Waals surface area (Å²) in [5.41, 5.74) is 0.707. The van der Waals surface area contributed by atoms with Gasteiger partial charge in [0.15, 0.2) is 11.6 Å². The van der Waals surface area contributed by atoms with Gasteiger partial charge in [-0.25, -0.2) is 4.39 Å². The minimum absolute atomic E-state index is 0.0495. The van der Waals surface area contributed by atoms with Gasteiger partial charge in [-0.05, 0) is 56.8 Å². The van der Waals surface area contributed by atoms with Crippen LogP contribution in [0.2, 0.25) is 0 Å². The predicted molar refractivity (Wildman–Crippen MR) is 82.1 cm³/mol. The van der Waals surface area contributed by atoms with Crippen molar-refractivity contribution < 1.29 is 14.2 Å². The van der Waals surface area contributed by atoms with Crippen LogP contribution >= 0.6 is 0 Å². The van der Waals surface area contributed by atoms with Gasteiger partial charge in [-0.1, -0.05) is 13.0 Å². The molecule has 1 fully saturated rings.